The summed E-state index contributed by atoms with van der Waals surface area (Å²) in [5, 5.41) is 0.592. The van der Waals surface area contributed by atoms with Crippen molar-refractivity contribution >= 4 is 33.4 Å². The van der Waals surface area contributed by atoms with Crippen LogP contribution in [0.2, 0.25) is 5.02 Å². The lowest BCUT2D eigenvalue weighted by Gasteiger charge is -2.38. The van der Waals surface area contributed by atoms with E-state index in [4.69, 9.17) is 11.6 Å². The molecule has 0 aromatic heterocycles. The second-order valence-corrected chi connectivity index (χ2v) is 7.73. The van der Waals surface area contributed by atoms with Gasteiger partial charge in [0.2, 0.25) is 0 Å². The highest BCUT2D eigenvalue weighted by Gasteiger charge is 2.31. The van der Waals surface area contributed by atoms with E-state index in [1.54, 1.807) is 12.1 Å². The molecular weight excluding hydrogens is 338 g/mol. The Morgan fingerprint density at radius 2 is 1.95 bits per heavy atom. The highest BCUT2D eigenvalue weighted by atomic mass is 79.9. The molecule has 0 spiro atoms. The lowest BCUT2D eigenvalue weighted by atomic mass is 9.75. The van der Waals surface area contributed by atoms with E-state index < -0.39 is 0 Å². The van der Waals surface area contributed by atoms with Gasteiger partial charge < -0.3 is 4.90 Å². The van der Waals surface area contributed by atoms with Gasteiger partial charge >= 0.3 is 0 Å². The molecule has 2 nitrogen and oxygen atoms in total. The van der Waals surface area contributed by atoms with Gasteiger partial charge in [-0.3, -0.25) is 4.79 Å². The second-order valence-electron chi connectivity index (χ2n) is 6.44. The zero-order chi connectivity index (χ0) is 14.9. The molecule has 2 rings (SSSR count). The van der Waals surface area contributed by atoms with Gasteiger partial charge in [0.1, 0.15) is 0 Å². The Hall–Kier alpha value is -0.540. The van der Waals surface area contributed by atoms with Crippen LogP contribution in [0.15, 0.2) is 22.7 Å². The van der Waals surface area contributed by atoms with E-state index in [-0.39, 0.29) is 5.91 Å². The Morgan fingerprint density at radius 3 is 2.55 bits per heavy atom. The third-order valence-corrected chi connectivity index (χ3v) is 5.26. The Kier molecular flexibility index (Phi) is 4.80. The SMILES string of the molecule is CN(C(=O)c1cc(Cl)ccc1Br)C1CCC(C)(C)CC1. The van der Waals surface area contributed by atoms with Crippen LogP contribution in [-0.4, -0.2) is 23.9 Å². The average Bonchev–Trinajstić information content (AvgIpc) is 2.40. The molecule has 0 bridgehead atoms. The van der Waals surface area contributed by atoms with Crippen LogP contribution in [0.25, 0.3) is 0 Å². The van der Waals surface area contributed by atoms with Crippen LogP contribution >= 0.6 is 27.5 Å². The van der Waals surface area contributed by atoms with Crippen molar-refractivity contribution in [1.82, 2.24) is 4.90 Å². The first kappa shape index (κ1) is 15.8. The molecule has 0 aliphatic heterocycles. The quantitative estimate of drug-likeness (QED) is 0.716. The lowest BCUT2D eigenvalue weighted by molar-refractivity contribution is 0.0634. The molecule has 1 saturated carbocycles. The zero-order valence-corrected chi connectivity index (χ0v) is 14.6. The first-order chi connectivity index (χ1) is 9.30. The topological polar surface area (TPSA) is 20.3 Å². The number of hydrogen-bond acceptors (Lipinski definition) is 1. The highest BCUT2D eigenvalue weighted by Crippen LogP contribution is 2.37. The van der Waals surface area contributed by atoms with Crippen molar-refractivity contribution in [3.05, 3.63) is 33.3 Å². The van der Waals surface area contributed by atoms with Crippen LogP contribution in [0, 0.1) is 5.41 Å². The molecule has 0 radical (unpaired) electrons. The first-order valence-electron chi connectivity index (χ1n) is 7.02. The number of halogens is 2. The molecule has 4 heteroatoms. The summed E-state index contributed by atoms with van der Waals surface area (Å²) in [4.78, 5) is 14.5. The second kappa shape index (κ2) is 6.07. The number of carbonyl (C=O) groups excluding carboxylic acids is 1. The monoisotopic (exact) mass is 357 g/mol. The van der Waals surface area contributed by atoms with Crippen molar-refractivity contribution in [2.24, 2.45) is 5.41 Å². The largest absolute Gasteiger partial charge is 0.339 e. The Labute approximate surface area is 134 Å². The summed E-state index contributed by atoms with van der Waals surface area (Å²) in [6.07, 6.45) is 4.50. The van der Waals surface area contributed by atoms with Crippen LogP contribution in [0.1, 0.15) is 49.9 Å². The standard InChI is InChI=1S/C16H21BrClNO/c1-16(2)8-6-12(7-9-16)19(3)15(20)13-10-11(18)4-5-14(13)17/h4-5,10,12H,6-9H2,1-3H3. The van der Waals surface area contributed by atoms with E-state index >= 15 is 0 Å². The number of carbonyl (C=O) groups is 1. The fourth-order valence-electron chi connectivity index (χ4n) is 2.79. The number of benzene rings is 1. The van der Waals surface area contributed by atoms with Gasteiger partial charge in [-0.2, -0.15) is 0 Å². The van der Waals surface area contributed by atoms with Crippen molar-refractivity contribution in [2.75, 3.05) is 7.05 Å². The van der Waals surface area contributed by atoms with Crippen LogP contribution in [0.3, 0.4) is 0 Å². The minimum Gasteiger partial charge on any atom is -0.339 e. The maximum Gasteiger partial charge on any atom is 0.255 e. The van der Waals surface area contributed by atoms with E-state index in [1.165, 1.54) is 12.8 Å². The van der Waals surface area contributed by atoms with E-state index in [0.29, 0.717) is 22.0 Å². The average molecular weight is 359 g/mol. The van der Waals surface area contributed by atoms with Gasteiger partial charge in [-0.25, -0.2) is 0 Å². The molecule has 0 saturated heterocycles. The van der Waals surface area contributed by atoms with Gasteiger partial charge in [0.15, 0.2) is 0 Å². The number of hydrogen-bond donors (Lipinski definition) is 0. The molecule has 1 fully saturated rings. The third-order valence-electron chi connectivity index (χ3n) is 4.34. The van der Waals surface area contributed by atoms with Crippen molar-refractivity contribution in [2.45, 2.75) is 45.6 Å². The maximum atomic E-state index is 12.6. The van der Waals surface area contributed by atoms with Crippen molar-refractivity contribution in [3.8, 4) is 0 Å². The summed E-state index contributed by atoms with van der Waals surface area (Å²) in [6, 6.07) is 5.68. The molecule has 1 aromatic carbocycles. The fraction of sp³-hybridized carbons (Fsp3) is 0.562. The molecule has 1 amide bonds. The summed E-state index contributed by atoms with van der Waals surface area (Å²) in [6.45, 7) is 4.61. The summed E-state index contributed by atoms with van der Waals surface area (Å²) in [5.74, 6) is 0.0454. The van der Waals surface area contributed by atoms with Gasteiger partial charge in [-0.05, 0) is 65.2 Å². The van der Waals surface area contributed by atoms with Crippen LogP contribution < -0.4 is 0 Å². The van der Waals surface area contributed by atoms with Gasteiger partial charge in [0.25, 0.3) is 5.91 Å². The van der Waals surface area contributed by atoms with E-state index in [2.05, 4.69) is 29.8 Å². The molecule has 1 aliphatic rings. The minimum absolute atomic E-state index is 0.0454. The number of amides is 1. The van der Waals surface area contributed by atoms with Crippen molar-refractivity contribution in [3.63, 3.8) is 0 Å². The molecule has 20 heavy (non-hydrogen) atoms. The molecule has 1 aromatic rings. The smallest absolute Gasteiger partial charge is 0.255 e. The predicted octanol–water partition coefficient (Wildman–Crippen LogP) is 5.14. The molecule has 0 atom stereocenters. The third kappa shape index (κ3) is 3.56. The van der Waals surface area contributed by atoms with E-state index in [0.717, 1.165) is 17.3 Å². The van der Waals surface area contributed by atoms with Crippen molar-refractivity contribution in [1.29, 1.82) is 0 Å². The summed E-state index contributed by atoms with van der Waals surface area (Å²) >= 11 is 9.43. The highest BCUT2D eigenvalue weighted by molar-refractivity contribution is 9.10. The summed E-state index contributed by atoms with van der Waals surface area (Å²) in [5.41, 5.74) is 1.06. The number of nitrogens with zero attached hydrogens (tertiary/aromatic N) is 1. The predicted molar refractivity (Wildman–Crippen MR) is 87.3 cm³/mol. The van der Waals surface area contributed by atoms with Crippen LogP contribution in [0.5, 0.6) is 0 Å². The van der Waals surface area contributed by atoms with Crippen molar-refractivity contribution < 1.29 is 4.79 Å². The van der Waals surface area contributed by atoms with Gasteiger partial charge in [-0.1, -0.05) is 25.4 Å². The Bertz CT molecular complexity index is 505. The molecule has 0 N–H and O–H groups in total. The normalized spacial score (nSPS) is 18.9. The summed E-state index contributed by atoms with van der Waals surface area (Å²) in [7, 11) is 1.90. The summed E-state index contributed by atoms with van der Waals surface area (Å²) < 4.78 is 0.801. The Morgan fingerprint density at radius 1 is 1.35 bits per heavy atom. The molecule has 0 heterocycles. The zero-order valence-electron chi connectivity index (χ0n) is 12.2. The van der Waals surface area contributed by atoms with Gasteiger partial charge in [0, 0.05) is 22.6 Å². The first-order valence-corrected chi connectivity index (χ1v) is 8.19. The minimum atomic E-state index is 0.0454. The Balaban J connectivity index is 2.11. The number of rotatable bonds is 2. The molecule has 0 unspecified atom stereocenters. The van der Waals surface area contributed by atoms with E-state index in [1.807, 2.05) is 18.0 Å². The maximum absolute atomic E-state index is 12.6. The van der Waals surface area contributed by atoms with Gasteiger partial charge in [0.05, 0.1) is 5.56 Å². The fourth-order valence-corrected chi connectivity index (χ4v) is 3.38. The molecule has 110 valence electrons. The molecular formula is C16H21BrClNO. The lowest BCUT2D eigenvalue weighted by Crippen LogP contribution is -2.41. The van der Waals surface area contributed by atoms with E-state index in [9.17, 15) is 4.79 Å². The van der Waals surface area contributed by atoms with Crippen LogP contribution in [0.4, 0.5) is 0 Å². The van der Waals surface area contributed by atoms with Crippen LogP contribution in [-0.2, 0) is 0 Å². The molecule has 1 aliphatic carbocycles. The van der Waals surface area contributed by atoms with Gasteiger partial charge in [-0.15, -0.1) is 0 Å².